The summed E-state index contributed by atoms with van der Waals surface area (Å²) in [5, 5.41) is 13.0. The standard InChI is InChI=1S/C25H25NO6/c1-30-21-13-8-14-22(31-2)24(21)32-16-18(27)15-26-25(29)20-12-7-6-11-19(20)23(28)17-9-4-3-5-10-17/h3-14,18,27H,15-16H2,1-2H3,(H,26,29). The Balaban J connectivity index is 1.63. The molecule has 0 aliphatic rings. The summed E-state index contributed by atoms with van der Waals surface area (Å²) in [7, 11) is 3.01. The van der Waals surface area contributed by atoms with Gasteiger partial charge in [-0.3, -0.25) is 9.59 Å². The fourth-order valence-corrected chi connectivity index (χ4v) is 3.13. The summed E-state index contributed by atoms with van der Waals surface area (Å²) >= 11 is 0. The third kappa shape index (κ3) is 5.44. The number of hydrogen-bond acceptors (Lipinski definition) is 6. The minimum Gasteiger partial charge on any atom is -0.493 e. The van der Waals surface area contributed by atoms with E-state index in [9.17, 15) is 14.7 Å². The number of carbonyl (C=O) groups excluding carboxylic acids is 2. The average Bonchev–Trinajstić information content (AvgIpc) is 2.85. The number of para-hydroxylation sites is 1. The topological polar surface area (TPSA) is 94.1 Å². The van der Waals surface area contributed by atoms with Crippen molar-refractivity contribution in [1.82, 2.24) is 5.32 Å². The van der Waals surface area contributed by atoms with Crippen LogP contribution in [0.5, 0.6) is 17.2 Å². The lowest BCUT2D eigenvalue weighted by molar-refractivity contribution is 0.0830. The van der Waals surface area contributed by atoms with Crippen LogP contribution >= 0.6 is 0 Å². The zero-order valence-electron chi connectivity index (χ0n) is 17.9. The molecule has 0 radical (unpaired) electrons. The maximum absolute atomic E-state index is 12.8. The predicted molar refractivity (Wildman–Crippen MR) is 120 cm³/mol. The highest BCUT2D eigenvalue weighted by Crippen LogP contribution is 2.36. The number of aliphatic hydroxyl groups is 1. The number of aliphatic hydroxyl groups excluding tert-OH is 1. The Labute approximate surface area is 186 Å². The van der Waals surface area contributed by atoms with E-state index in [-0.39, 0.29) is 24.5 Å². The van der Waals surface area contributed by atoms with Crippen LogP contribution in [-0.2, 0) is 0 Å². The van der Waals surface area contributed by atoms with Crippen LogP contribution in [-0.4, -0.2) is 50.3 Å². The van der Waals surface area contributed by atoms with Gasteiger partial charge in [0, 0.05) is 17.7 Å². The van der Waals surface area contributed by atoms with Crippen molar-refractivity contribution in [1.29, 1.82) is 0 Å². The van der Waals surface area contributed by atoms with Crippen molar-refractivity contribution in [3.05, 3.63) is 89.5 Å². The van der Waals surface area contributed by atoms with Gasteiger partial charge in [-0.15, -0.1) is 0 Å². The number of ketones is 1. The van der Waals surface area contributed by atoms with Crippen LogP contribution in [0.3, 0.4) is 0 Å². The lowest BCUT2D eigenvalue weighted by atomic mass is 9.98. The molecular formula is C25H25NO6. The van der Waals surface area contributed by atoms with Crippen LogP contribution in [0, 0.1) is 0 Å². The molecule has 3 rings (SSSR count). The van der Waals surface area contributed by atoms with E-state index in [4.69, 9.17) is 14.2 Å². The van der Waals surface area contributed by atoms with Crippen molar-refractivity contribution in [2.75, 3.05) is 27.4 Å². The first-order valence-electron chi connectivity index (χ1n) is 10.0. The highest BCUT2D eigenvalue weighted by atomic mass is 16.5. The maximum atomic E-state index is 12.8. The van der Waals surface area contributed by atoms with Crippen molar-refractivity contribution in [2.45, 2.75) is 6.10 Å². The van der Waals surface area contributed by atoms with Crippen molar-refractivity contribution in [3.63, 3.8) is 0 Å². The van der Waals surface area contributed by atoms with E-state index in [2.05, 4.69) is 5.32 Å². The van der Waals surface area contributed by atoms with E-state index in [1.807, 2.05) is 6.07 Å². The molecule has 0 saturated heterocycles. The summed E-state index contributed by atoms with van der Waals surface area (Å²) < 4.78 is 16.2. The van der Waals surface area contributed by atoms with E-state index < -0.39 is 12.0 Å². The van der Waals surface area contributed by atoms with Gasteiger partial charge in [0.2, 0.25) is 5.75 Å². The first-order valence-corrected chi connectivity index (χ1v) is 10.0. The van der Waals surface area contributed by atoms with Gasteiger partial charge in [-0.2, -0.15) is 0 Å². The van der Waals surface area contributed by atoms with Crippen molar-refractivity contribution in [3.8, 4) is 17.2 Å². The van der Waals surface area contributed by atoms with Gasteiger partial charge >= 0.3 is 0 Å². The van der Waals surface area contributed by atoms with Gasteiger partial charge in [-0.1, -0.05) is 54.6 Å². The predicted octanol–water partition coefficient (Wildman–Crippen LogP) is 3.10. The molecule has 3 aromatic carbocycles. The minimum atomic E-state index is -0.995. The first kappa shape index (κ1) is 22.8. The molecule has 0 aromatic heterocycles. The number of rotatable bonds is 10. The fraction of sp³-hybridized carbons (Fsp3) is 0.200. The molecule has 0 fully saturated rings. The first-order chi connectivity index (χ1) is 15.5. The number of nitrogens with one attached hydrogen (secondary N) is 1. The van der Waals surface area contributed by atoms with E-state index in [1.54, 1.807) is 66.7 Å². The Morgan fingerprint density at radius 2 is 1.44 bits per heavy atom. The molecule has 0 saturated carbocycles. The van der Waals surface area contributed by atoms with Gasteiger partial charge in [-0.05, 0) is 18.2 Å². The third-order valence-electron chi connectivity index (χ3n) is 4.75. The van der Waals surface area contributed by atoms with Crippen LogP contribution in [0.4, 0.5) is 0 Å². The molecule has 3 aromatic rings. The quantitative estimate of drug-likeness (QED) is 0.476. The second-order valence-corrected chi connectivity index (χ2v) is 6.91. The molecule has 0 spiro atoms. The minimum absolute atomic E-state index is 0.0653. The maximum Gasteiger partial charge on any atom is 0.252 e. The summed E-state index contributed by atoms with van der Waals surface area (Å²) in [6.45, 7) is -0.161. The molecule has 166 valence electrons. The summed E-state index contributed by atoms with van der Waals surface area (Å²) in [6.07, 6.45) is -0.995. The Bertz CT molecular complexity index is 1040. The second kappa shape index (κ2) is 11.0. The fourth-order valence-electron chi connectivity index (χ4n) is 3.13. The van der Waals surface area contributed by atoms with E-state index in [0.717, 1.165) is 0 Å². The van der Waals surface area contributed by atoms with Gasteiger partial charge in [-0.25, -0.2) is 0 Å². The summed E-state index contributed by atoms with van der Waals surface area (Å²) in [5.41, 5.74) is 1.02. The van der Waals surface area contributed by atoms with Crippen molar-refractivity contribution >= 4 is 11.7 Å². The summed E-state index contributed by atoms with van der Waals surface area (Å²) in [5.74, 6) is 0.590. The molecule has 0 heterocycles. The highest BCUT2D eigenvalue weighted by molar-refractivity contribution is 6.15. The van der Waals surface area contributed by atoms with E-state index >= 15 is 0 Å². The van der Waals surface area contributed by atoms with Crippen molar-refractivity contribution in [2.24, 2.45) is 0 Å². The smallest absolute Gasteiger partial charge is 0.252 e. The van der Waals surface area contributed by atoms with Crippen LogP contribution in [0.1, 0.15) is 26.3 Å². The monoisotopic (exact) mass is 435 g/mol. The molecule has 32 heavy (non-hydrogen) atoms. The molecule has 7 heteroatoms. The number of benzene rings is 3. The van der Waals surface area contributed by atoms with Gasteiger partial charge in [0.25, 0.3) is 5.91 Å². The second-order valence-electron chi connectivity index (χ2n) is 6.91. The molecule has 2 N–H and O–H groups in total. The molecule has 0 aliphatic heterocycles. The van der Waals surface area contributed by atoms with Gasteiger partial charge < -0.3 is 24.6 Å². The largest absolute Gasteiger partial charge is 0.493 e. The Morgan fingerprint density at radius 1 is 0.844 bits per heavy atom. The lowest BCUT2D eigenvalue weighted by Gasteiger charge is -2.17. The zero-order valence-corrected chi connectivity index (χ0v) is 17.9. The van der Waals surface area contributed by atoms with Crippen LogP contribution in [0.2, 0.25) is 0 Å². The Kier molecular flexibility index (Phi) is 7.83. The zero-order chi connectivity index (χ0) is 22.9. The van der Waals surface area contributed by atoms with Crippen molar-refractivity contribution < 1.29 is 28.9 Å². The summed E-state index contributed by atoms with van der Waals surface area (Å²) in [6, 6.07) is 20.5. The third-order valence-corrected chi connectivity index (χ3v) is 4.75. The highest BCUT2D eigenvalue weighted by Gasteiger charge is 2.19. The van der Waals surface area contributed by atoms with Crippen LogP contribution < -0.4 is 19.5 Å². The Morgan fingerprint density at radius 3 is 2.06 bits per heavy atom. The number of amides is 1. The number of hydrogen-bond donors (Lipinski definition) is 2. The van der Waals surface area contributed by atoms with E-state index in [0.29, 0.717) is 28.4 Å². The molecular weight excluding hydrogens is 410 g/mol. The SMILES string of the molecule is COc1cccc(OC)c1OCC(O)CNC(=O)c1ccccc1C(=O)c1ccccc1. The number of ether oxygens (including phenoxy) is 3. The molecule has 0 aliphatic carbocycles. The normalized spacial score (nSPS) is 11.3. The lowest BCUT2D eigenvalue weighted by Crippen LogP contribution is -2.36. The molecule has 0 bridgehead atoms. The molecule has 1 atom stereocenters. The molecule has 1 amide bonds. The Hall–Kier alpha value is -3.84. The molecule has 7 nitrogen and oxygen atoms in total. The number of methoxy groups -OCH3 is 2. The average molecular weight is 435 g/mol. The van der Waals surface area contributed by atoms with Gasteiger partial charge in [0.1, 0.15) is 12.7 Å². The molecule has 1 unspecified atom stereocenters. The summed E-state index contributed by atoms with van der Waals surface area (Å²) in [4.78, 5) is 25.5. The van der Waals surface area contributed by atoms with Crippen LogP contribution in [0.15, 0.2) is 72.8 Å². The van der Waals surface area contributed by atoms with E-state index in [1.165, 1.54) is 14.2 Å². The number of carbonyl (C=O) groups is 2. The van der Waals surface area contributed by atoms with Gasteiger partial charge in [0.15, 0.2) is 17.3 Å². The van der Waals surface area contributed by atoms with Gasteiger partial charge in [0.05, 0.1) is 19.8 Å². The van der Waals surface area contributed by atoms with Crippen LogP contribution in [0.25, 0.3) is 0 Å².